The zero-order chi connectivity index (χ0) is 48.8. The molecule has 1 N–H and O–H groups in total. The van der Waals surface area contributed by atoms with Crippen molar-refractivity contribution in [2.75, 3.05) is 20.7 Å². The van der Waals surface area contributed by atoms with Crippen molar-refractivity contribution in [1.82, 2.24) is 47.2 Å². The van der Waals surface area contributed by atoms with E-state index in [9.17, 15) is 18.0 Å². The van der Waals surface area contributed by atoms with Crippen molar-refractivity contribution in [2.45, 2.75) is 102 Å². The molecule has 16 nitrogen and oxygen atoms in total. The highest BCUT2D eigenvalue weighted by Gasteiger charge is 2.62. The highest BCUT2D eigenvalue weighted by atomic mass is 32.2. The molecule has 4 aromatic heterocycles. The maximum absolute atomic E-state index is 16.2. The molecule has 2 saturated heterocycles. The second-order valence-corrected chi connectivity index (χ2v) is 22.2. The summed E-state index contributed by atoms with van der Waals surface area (Å²) in [6.45, 7) is 9.96. The fraction of sp³-hybridized carbons (Fsp3) is 0.420. The Balaban J connectivity index is 1.07. The van der Waals surface area contributed by atoms with Gasteiger partial charge in [-0.25, -0.2) is 23.0 Å². The summed E-state index contributed by atoms with van der Waals surface area (Å²) in [7, 11) is 0.196. The zero-order valence-corrected chi connectivity index (χ0v) is 40.6. The second kappa shape index (κ2) is 15.5. The van der Waals surface area contributed by atoms with Gasteiger partial charge in [0.25, 0.3) is 11.8 Å². The Labute approximate surface area is 397 Å². The van der Waals surface area contributed by atoms with Crippen molar-refractivity contribution in [3.05, 3.63) is 123 Å². The van der Waals surface area contributed by atoms with Crippen LogP contribution in [0.1, 0.15) is 103 Å². The van der Waals surface area contributed by atoms with Crippen LogP contribution in [0.4, 0.5) is 8.78 Å². The number of rotatable bonds is 9. The van der Waals surface area contributed by atoms with Crippen LogP contribution < -0.4 is 10.4 Å². The van der Waals surface area contributed by atoms with Crippen molar-refractivity contribution >= 4 is 43.8 Å². The van der Waals surface area contributed by atoms with Crippen LogP contribution in [0.3, 0.4) is 0 Å². The predicted octanol–water partition coefficient (Wildman–Crippen LogP) is 6.78. The Morgan fingerprint density at radius 2 is 1.64 bits per heavy atom. The molecule has 0 radical (unpaired) electrons. The van der Waals surface area contributed by atoms with Gasteiger partial charge in [-0.15, -0.1) is 0 Å². The monoisotopic (exact) mass is 960 g/mol. The SMILES string of the molecule is Cc1cc(-n2nc3c(c2-n2ccn(-c4ccc5c(cnn5C)c4F)c2=O)[C@@H]2CC[C@H](C3)N2C(=O)c2cc3cc([C@H]4CCOC(C)(C)C4)ccc3n2[C@@]2(C(=O)NS(=O)(=O)N(C)C)C[C@@H]2C)cc(C)c1F. The van der Waals surface area contributed by atoms with E-state index in [4.69, 9.17) is 9.84 Å². The lowest BCUT2D eigenvalue weighted by atomic mass is 9.83. The van der Waals surface area contributed by atoms with Crippen LogP contribution in [-0.4, -0.2) is 95.0 Å². The predicted molar refractivity (Wildman–Crippen MR) is 254 cm³/mol. The smallest absolute Gasteiger partial charge is 0.338 e. The third-order valence-electron chi connectivity index (χ3n) is 15.2. The largest absolute Gasteiger partial charge is 0.376 e. The first-order valence-corrected chi connectivity index (χ1v) is 24.8. The Kier molecular flexibility index (Phi) is 10.1. The van der Waals surface area contributed by atoms with E-state index in [-0.39, 0.29) is 52.0 Å². The summed E-state index contributed by atoms with van der Waals surface area (Å²) >= 11 is 0. The van der Waals surface area contributed by atoms with Crippen LogP contribution in [0.2, 0.25) is 0 Å². The van der Waals surface area contributed by atoms with Gasteiger partial charge in [0, 0.05) is 69.1 Å². The van der Waals surface area contributed by atoms with Crippen molar-refractivity contribution in [1.29, 1.82) is 0 Å². The number of hydrogen-bond donors (Lipinski definition) is 1. The molecular formula is C50H54F2N10O6S. The molecule has 3 fully saturated rings. The number of fused-ring (bicyclic) bond motifs is 6. The first-order chi connectivity index (χ1) is 32.7. The molecule has 4 aliphatic rings. The van der Waals surface area contributed by atoms with E-state index in [1.165, 1.54) is 41.7 Å². The molecule has 2 amide bonds. The molecule has 0 spiro atoms. The molecule has 7 aromatic rings. The molecule has 0 unspecified atom stereocenters. The molecule has 3 aliphatic heterocycles. The molecule has 1 aliphatic carbocycles. The maximum atomic E-state index is 16.2. The summed E-state index contributed by atoms with van der Waals surface area (Å²) in [6.07, 6.45) is 7.81. The van der Waals surface area contributed by atoms with E-state index in [0.717, 1.165) is 28.1 Å². The fourth-order valence-electron chi connectivity index (χ4n) is 11.6. The fourth-order valence-corrected chi connectivity index (χ4v) is 12.2. The minimum Gasteiger partial charge on any atom is -0.376 e. The van der Waals surface area contributed by atoms with Crippen LogP contribution >= 0.6 is 0 Å². The lowest BCUT2D eigenvalue weighted by Crippen LogP contribution is -2.48. The molecule has 3 aromatic carbocycles. The normalized spacial score (nSPS) is 23.0. The lowest BCUT2D eigenvalue weighted by Gasteiger charge is -2.36. The number of nitrogens with one attached hydrogen (secondary N) is 1. The summed E-state index contributed by atoms with van der Waals surface area (Å²) in [5.74, 6) is -1.89. The summed E-state index contributed by atoms with van der Waals surface area (Å²) in [6, 6.07) is 13.5. The highest BCUT2D eigenvalue weighted by molar-refractivity contribution is 7.87. The third kappa shape index (κ3) is 6.85. The standard InChI is InChI=1S/C50H54F2N10O6S/c1-27-19-34(20-28(2)43(27)51)62-45(59-17-16-58(48(59)65)40-14-13-38-35(44(40)52)26-53-57(38)8)42-36(54-62)23-33-10-12-39(42)60(33)46(63)41-22-32-21-30(31-15-18-68-49(4,5)25-31)9-11-37(32)61(41)50(24-29(50)3)47(64)55-69(66,67)56(6)7/h9,11,13-14,16-17,19-22,26,29,31,33,39H,10,12,15,18,23-25H2,1-8H3,(H,55,64)/t29-,31-,33+,39-,50-/m0/s1. The van der Waals surface area contributed by atoms with Crippen LogP contribution in [0.5, 0.6) is 0 Å². The summed E-state index contributed by atoms with van der Waals surface area (Å²) in [5, 5.41) is 10.3. The van der Waals surface area contributed by atoms with Gasteiger partial charge in [-0.05, 0) is 131 Å². The Bertz CT molecular complexity index is 3490. The lowest BCUT2D eigenvalue weighted by molar-refractivity contribution is -0.124. The molecule has 19 heteroatoms. The quantitative estimate of drug-likeness (QED) is 0.166. The molecule has 2 bridgehead atoms. The zero-order valence-electron chi connectivity index (χ0n) is 39.7. The number of aryl methyl sites for hydroxylation is 3. The second-order valence-electron chi connectivity index (χ2n) is 20.3. The van der Waals surface area contributed by atoms with Gasteiger partial charge < -0.3 is 14.2 Å². The van der Waals surface area contributed by atoms with Gasteiger partial charge >= 0.3 is 15.9 Å². The Hall–Kier alpha value is -6.44. The van der Waals surface area contributed by atoms with Crippen molar-refractivity contribution in [2.24, 2.45) is 13.0 Å². The Morgan fingerprint density at radius 1 is 0.928 bits per heavy atom. The number of hydrogen-bond acceptors (Lipinski definition) is 8. The number of benzene rings is 3. The number of carbonyl (C=O) groups excluding carboxylic acids is 2. The van der Waals surface area contributed by atoms with Crippen LogP contribution in [0, 0.1) is 31.4 Å². The van der Waals surface area contributed by atoms with Gasteiger partial charge in [0.15, 0.2) is 5.82 Å². The van der Waals surface area contributed by atoms with Crippen molar-refractivity contribution < 1.29 is 31.5 Å². The number of imidazole rings is 1. The molecular weight excluding hydrogens is 907 g/mol. The average molecular weight is 961 g/mol. The number of aromatic nitrogens is 7. The van der Waals surface area contributed by atoms with Gasteiger partial charge in [-0.1, -0.05) is 13.0 Å². The van der Waals surface area contributed by atoms with Gasteiger partial charge in [0.1, 0.15) is 22.9 Å². The molecule has 360 valence electrons. The van der Waals surface area contributed by atoms with Gasteiger partial charge in [-0.3, -0.25) is 23.4 Å². The maximum Gasteiger partial charge on any atom is 0.338 e. The number of nitrogens with zero attached hydrogens (tertiary/aromatic N) is 9. The van der Waals surface area contributed by atoms with Crippen molar-refractivity contribution in [3.63, 3.8) is 0 Å². The molecule has 7 heterocycles. The minimum atomic E-state index is -4.20. The van der Waals surface area contributed by atoms with Crippen LogP contribution in [0.15, 0.2) is 71.9 Å². The first-order valence-electron chi connectivity index (χ1n) is 23.4. The highest BCUT2D eigenvalue weighted by Crippen LogP contribution is 2.54. The molecule has 1 saturated carbocycles. The number of amides is 2. The average Bonchev–Trinajstić information content (AvgIpc) is 3.85. The van der Waals surface area contributed by atoms with E-state index >= 15 is 13.6 Å². The Morgan fingerprint density at radius 3 is 2.33 bits per heavy atom. The summed E-state index contributed by atoms with van der Waals surface area (Å²) in [4.78, 5) is 47.0. The number of halogens is 2. The van der Waals surface area contributed by atoms with Gasteiger partial charge in [0.05, 0.1) is 45.8 Å². The summed E-state index contributed by atoms with van der Waals surface area (Å²) < 4.78 is 74.7. The van der Waals surface area contributed by atoms with E-state index in [1.807, 2.05) is 30.0 Å². The van der Waals surface area contributed by atoms with Crippen LogP contribution in [0.25, 0.3) is 39.0 Å². The first kappa shape index (κ1) is 45.0. The topological polar surface area (TPSA) is 164 Å². The van der Waals surface area contributed by atoms with Crippen molar-refractivity contribution in [3.8, 4) is 17.2 Å². The van der Waals surface area contributed by atoms with E-state index in [1.54, 1.807) is 59.2 Å². The van der Waals surface area contributed by atoms with E-state index in [0.29, 0.717) is 77.2 Å². The third-order valence-corrected chi connectivity index (χ3v) is 16.6. The molecule has 5 atom stereocenters. The van der Waals surface area contributed by atoms with Gasteiger partial charge in [-0.2, -0.15) is 22.9 Å². The minimum absolute atomic E-state index is 0.0209. The molecule has 69 heavy (non-hydrogen) atoms. The van der Waals surface area contributed by atoms with Crippen LogP contribution in [-0.2, 0) is 38.7 Å². The number of carbonyl (C=O) groups is 2. The van der Waals surface area contributed by atoms with Gasteiger partial charge in [0.2, 0.25) is 0 Å². The van der Waals surface area contributed by atoms with E-state index < -0.39 is 39.2 Å². The van der Waals surface area contributed by atoms with E-state index in [2.05, 4.69) is 29.7 Å². The number of ether oxygens (including phenoxy) is 1. The summed E-state index contributed by atoms with van der Waals surface area (Å²) in [5.41, 5.74) is 2.73. The molecule has 11 rings (SSSR count).